The SMILES string of the molecule is COc1ccc(OC)c(C(=O)OCn2nnc3ccccc3c2=O)c1. The summed E-state index contributed by atoms with van der Waals surface area (Å²) in [6.45, 7) is -0.365. The summed E-state index contributed by atoms with van der Waals surface area (Å²) in [7, 11) is 2.93. The summed E-state index contributed by atoms with van der Waals surface area (Å²) in [5.74, 6) is 0.149. The van der Waals surface area contributed by atoms with Crippen molar-refractivity contribution in [3.8, 4) is 11.5 Å². The Morgan fingerprint density at radius 1 is 1.12 bits per heavy atom. The summed E-state index contributed by atoms with van der Waals surface area (Å²) in [6.07, 6.45) is 0. The number of carbonyl (C=O) groups is 1. The summed E-state index contributed by atoms with van der Waals surface area (Å²) in [5, 5.41) is 8.10. The van der Waals surface area contributed by atoms with Gasteiger partial charge in [0, 0.05) is 0 Å². The Balaban J connectivity index is 1.83. The highest BCUT2D eigenvalue weighted by molar-refractivity contribution is 5.93. The molecule has 1 aromatic heterocycles. The normalized spacial score (nSPS) is 10.5. The second-order valence-corrected chi connectivity index (χ2v) is 5.04. The number of rotatable bonds is 5. The van der Waals surface area contributed by atoms with Crippen LogP contribution in [0.4, 0.5) is 0 Å². The van der Waals surface area contributed by atoms with Crippen molar-refractivity contribution in [3.63, 3.8) is 0 Å². The quantitative estimate of drug-likeness (QED) is 0.651. The highest BCUT2D eigenvalue weighted by Crippen LogP contribution is 2.24. The maximum absolute atomic E-state index is 12.3. The van der Waals surface area contributed by atoms with E-state index in [1.807, 2.05) is 0 Å². The average Bonchev–Trinajstić information content (AvgIpc) is 2.67. The zero-order chi connectivity index (χ0) is 17.8. The summed E-state index contributed by atoms with van der Waals surface area (Å²) >= 11 is 0. The molecule has 8 heteroatoms. The van der Waals surface area contributed by atoms with Gasteiger partial charge >= 0.3 is 5.97 Å². The molecular formula is C17H15N3O5. The monoisotopic (exact) mass is 341 g/mol. The van der Waals surface area contributed by atoms with Gasteiger partial charge in [0.05, 0.1) is 19.6 Å². The molecule has 0 N–H and O–H groups in total. The minimum atomic E-state index is -0.669. The first-order valence-electron chi connectivity index (χ1n) is 7.35. The number of ether oxygens (including phenoxy) is 3. The molecule has 25 heavy (non-hydrogen) atoms. The first-order chi connectivity index (χ1) is 12.1. The van der Waals surface area contributed by atoms with Gasteiger partial charge in [-0.2, -0.15) is 4.68 Å². The van der Waals surface area contributed by atoms with E-state index in [1.54, 1.807) is 36.4 Å². The van der Waals surface area contributed by atoms with Crippen molar-refractivity contribution in [2.75, 3.05) is 14.2 Å². The van der Waals surface area contributed by atoms with Crippen LogP contribution < -0.4 is 15.0 Å². The largest absolute Gasteiger partial charge is 0.497 e. The number of hydrogen-bond donors (Lipinski definition) is 0. The van der Waals surface area contributed by atoms with Crippen LogP contribution in [0, 0.1) is 0 Å². The van der Waals surface area contributed by atoms with Gasteiger partial charge in [0.2, 0.25) is 0 Å². The van der Waals surface area contributed by atoms with Gasteiger partial charge in [-0.25, -0.2) is 4.79 Å². The van der Waals surface area contributed by atoms with Crippen LogP contribution in [0.25, 0.3) is 10.9 Å². The third-order valence-corrected chi connectivity index (χ3v) is 3.57. The Hall–Kier alpha value is -3.42. The highest BCUT2D eigenvalue weighted by Gasteiger charge is 2.16. The molecular weight excluding hydrogens is 326 g/mol. The Kier molecular flexibility index (Phi) is 4.60. The Labute approximate surface area is 142 Å². The number of benzene rings is 2. The fraction of sp³-hybridized carbons (Fsp3) is 0.176. The van der Waals surface area contributed by atoms with Crippen molar-refractivity contribution >= 4 is 16.9 Å². The number of nitrogens with zero attached hydrogens (tertiary/aromatic N) is 3. The molecule has 0 fully saturated rings. The summed E-state index contributed by atoms with van der Waals surface area (Å²) in [5.41, 5.74) is 0.268. The van der Waals surface area contributed by atoms with Crippen LogP contribution in [0.15, 0.2) is 47.3 Å². The molecule has 0 spiro atoms. The van der Waals surface area contributed by atoms with Crippen molar-refractivity contribution in [2.24, 2.45) is 0 Å². The van der Waals surface area contributed by atoms with Crippen LogP contribution in [0.5, 0.6) is 11.5 Å². The van der Waals surface area contributed by atoms with Crippen LogP contribution in [-0.2, 0) is 11.5 Å². The molecule has 0 bridgehead atoms. The molecule has 0 atom stereocenters. The van der Waals surface area contributed by atoms with E-state index in [-0.39, 0.29) is 12.3 Å². The molecule has 2 aromatic carbocycles. The Bertz CT molecular complexity index is 983. The van der Waals surface area contributed by atoms with Crippen LogP contribution in [-0.4, -0.2) is 35.2 Å². The first kappa shape index (κ1) is 16.4. The summed E-state index contributed by atoms with van der Waals surface area (Å²) in [6, 6.07) is 11.6. The van der Waals surface area contributed by atoms with E-state index >= 15 is 0 Å². The van der Waals surface area contributed by atoms with E-state index in [1.165, 1.54) is 20.3 Å². The van der Waals surface area contributed by atoms with Crippen molar-refractivity contribution in [1.82, 2.24) is 15.0 Å². The minimum Gasteiger partial charge on any atom is -0.497 e. The van der Waals surface area contributed by atoms with Crippen LogP contribution in [0.1, 0.15) is 10.4 Å². The fourth-order valence-corrected chi connectivity index (χ4v) is 2.28. The lowest BCUT2D eigenvalue weighted by molar-refractivity contribution is 0.0332. The molecule has 0 radical (unpaired) electrons. The third-order valence-electron chi connectivity index (χ3n) is 3.57. The van der Waals surface area contributed by atoms with E-state index in [4.69, 9.17) is 14.2 Å². The van der Waals surface area contributed by atoms with E-state index in [9.17, 15) is 9.59 Å². The van der Waals surface area contributed by atoms with Crippen molar-refractivity contribution in [2.45, 2.75) is 6.73 Å². The Morgan fingerprint density at radius 2 is 1.92 bits per heavy atom. The molecule has 0 saturated carbocycles. The van der Waals surface area contributed by atoms with Crippen molar-refractivity contribution in [3.05, 3.63) is 58.4 Å². The smallest absolute Gasteiger partial charge is 0.343 e. The third kappa shape index (κ3) is 3.27. The van der Waals surface area contributed by atoms with E-state index in [2.05, 4.69) is 10.3 Å². The van der Waals surface area contributed by atoms with Gasteiger partial charge in [0.1, 0.15) is 22.6 Å². The van der Waals surface area contributed by atoms with Gasteiger partial charge in [-0.15, -0.1) is 5.10 Å². The van der Waals surface area contributed by atoms with Crippen molar-refractivity contribution in [1.29, 1.82) is 0 Å². The van der Waals surface area contributed by atoms with Crippen molar-refractivity contribution < 1.29 is 19.0 Å². The average molecular weight is 341 g/mol. The molecule has 0 amide bonds. The maximum Gasteiger partial charge on any atom is 0.343 e. The van der Waals surface area contributed by atoms with Crippen LogP contribution in [0.3, 0.4) is 0 Å². The molecule has 0 aliphatic heterocycles. The molecule has 0 aliphatic rings. The summed E-state index contributed by atoms with van der Waals surface area (Å²) in [4.78, 5) is 24.6. The molecule has 0 aliphatic carbocycles. The minimum absolute atomic E-state index is 0.184. The van der Waals surface area contributed by atoms with Gasteiger partial charge in [-0.3, -0.25) is 4.79 Å². The van der Waals surface area contributed by atoms with Gasteiger partial charge in [0.25, 0.3) is 5.56 Å². The zero-order valence-electron chi connectivity index (χ0n) is 13.6. The van der Waals surface area contributed by atoms with Gasteiger partial charge in [-0.05, 0) is 30.3 Å². The number of fused-ring (bicyclic) bond motifs is 1. The molecule has 0 unspecified atom stereocenters. The van der Waals surface area contributed by atoms with E-state index in [0.29, 0.717) is 22.4 Å². The number of methoxy groups -OCH3 is 2. The first-order valence-corrected chi connectivity index (χ1v) is 7.35. The fourth-order valence-electron chi connectivity index (χ4n) is 2.28. The maximum atomic E-state index is 12.3. The zero-order valence-corrected chi connectivity index (χ0v) is 13.6. The lowest BCUT2D eigenvalue weighted by atomic mass is 10.2. The predicted molar refractivity (Wildman–Crippen MR) is 88.8 cm³/mol. The predicted octanol–water partition coefficient (Wildman–Crippen LogP) is 1.62. The second kappa shape index (κ2) is 7.00. The molecule has 3 rings (SSSR count). The number of hydrogen-bond acceptors (Lipinski definition) is 7. The molecule has 0 saturated heterocycles. The molecule has 128 valence electrons. The van der Waals surface area contributed by atoms with Gasteiger partial charge in [-0.1, -0.05) is 17.3 Å². The molecule has 1 heterocycles. The second-order valence-electron chi connectivity index (χ2n) is 5.04. The molecule has 8 nitrogen and oxygen atoms in total. The van der Waals surface area contributed by atoms with Crippen LogP contribution in [0.2, 0.25) is 0 Å². The number of aromatic nitrogens is 3. The standard InChI is InChI=1S/C17H15N3O5/c1-23-11-7-8-15(24-2)13(9-11)17(22)25-10-20-16(21)12-5-3-4-6-14(12)18-19-20/h3-9H,10H2,1-2H3. The number of esters is 1. The topological polar surface area (TPSA) is 92.5 Å². The lowest BCUT2D eigenvalue weighted by Crippen LogP contribution is -2.26. The van der Waals surface area contributed by atoms with E-state index < -0.39 is 11.5 Å². The van der Waals surface area contributed by atoms with Gasteiger partial charge in [0.15, 0.2) is 6.73 Å². The van der Waals surface area contributed by atoms with Crippen LogP contribution >= 0.6 is 0 Å². The summed E-state index contributed by atoms with van der Waals surface area (Å²) < 4.78 is 16.4. The van der Waals surface area contributed by atoms with Gasteiger partial charge < -0.3 is 14.2 Å². The van der Waals surface area contributed by atoms with E-state index in [0.717, 1.165) is 4.68 Å². The lowest BCUT2D eigenvalue weighted by Gasteiger charge is -2.10. The molecule has 3 aromatic rings. The highest BCUT2D eigenvalue weighted by atomic mass is 16.5. The number of carbonyl (C=O) groups excluding carboxylic acids is 1. The Morgan fingerprint density at radius 3 is 2.68 bits per heavy atom.